The first-order valence-electron chi connectivity index (χ1n) is 6.26. The maximum absolute atomic E-state index is 11.9. The van der Waals surface area contributed by atoms with Crippen LogP contribution in [-0.4, -0.2) is 26.8 Å². The summed E-state index contributed by atoms with van der Waals surface area (Å²) in [7, 11) is 0. The second-order valence-electron chi connectivity index (χ2n) is 4.59. The number of benzene rings is 1. The summed E-state index contributed by atoms with van der Waals surface area (Å²) in [5.41, 5.74) is 0.421. The van der Waals surface area contributed by atoms with Crippen LogP contribution in [0.5, 0.6) is 0 Å². The number of carbonyl (C=O) groups is 1. The first kappa shape index (κ1) is 16.1. The summed E-state index contributed by atoms with van der Waals surface area (Å²) in [6, 6.07) is 5.05. The van der Waals surface area contributed by atoms with Gasteiger partial charge >= 0.3 is 0 Å². The van der Waals surface area contributed by atoms with Gasteiger partial charge in [-0.2, -0.15) is 0 Å². The lowest BCUT2D eigenvalue weighted by Gasteiger charge is -2.08. The van der Waals surface area contributed by atoms with Crippen molar-refractivity contribution in [2.24, 2.45) is 0 Å². The molecule has 0 saturated carbocycles. The van der Waals surface area contributed by atoms with Gasteiger partial charge in [0.2, 0.25) is 11.1 Å². The van der Waals surface area contributed by atoms with Crippen LogP contribution in [0.15, 0.2) is 23.4 Å². The van der Waals surface area contributed by atoms with Gasteiger partial charge in [-0.3, -0.25) is 9.89 Å². The van der Waals surface area contributed by atoms with Crippen LogP contribution in [0.3, 0.4) is 0 Å². The molecule has 0 unspecified atom stereocenters. The fourth-order valence-corrected chi connectivity index (χ4v) is 2.60. The lowest BCUT2D eigenvalue weighted by atomic mass is 10.2. The summed E-state index contributed by atoms with van der Waals surface area (Å²) < 4.78 is 0. The molecule has 0 fully saturated rings. The third-order valence-corrected chi connectivity index (χ3v) is 4.07. The van der Waals surface area contributed by atoms with Crippen LogP contribution in [-0.2, 0) is 4.79 Å². The van der Waals surface area contributed by atoms with Gasteiger partial charge in [0.05, 0.1) is 21.5 Å². The number of anilines is 1. The van der Waals surface area contributed by atoms with Crippen molar-refractivity contribution in [1.29, 1.82) is 0 Å². The number of thioether (sulfide) groups is 1. The predicted octanol–water partition coefficient (Wildman–Crippen LogP) is 3.97. The van der Waals surface area contributed by atoms with Crippen LogP contribution in [0.2, 0.25) is 10.0 Å². The highest BCUT2D eigenvalue weighted by atomic mass is 35.5. The largest absolute Gasteiger partial charge is 0.323 e. The second-order valence-corrected chi connectivity index (χ2v) is 6.35. The summed E-state index contributed by atoms with van der Waals surface area (Å²) in [5, 5.41) is 10.9. The third-order valence-electron chi connectivity index (χ3n) is 2.59. The van der Waals surface area contributed by atoms with E-state index < -0.39 is 0 Å². The van der Waals surface area contributed by atoms with Crippen LogP contribution >= 0.6 is 35.0 Å². The smallest absolute Gasteiger partial charge is 0.234 e. The van der Waals surface area contributed by atoms with Crippen molar-refractivity contribution >= 4 is 46.6 Å². The minimum absolute atomic E-state index is 0.178. The molecule has 1 aromatic heterocycles. The molecule has 0 aliphatic carbocycles. The lowest BCUT2D eigenvalue weighted by molar-refractivity contribution is -0.113. The summed E-state index contributed by atoms with van der Waals surface area (Å²) in [5.74, 6) is 1.03. The molecular formula is C13H14Cl2N4OS. The maximum atomic E-state index is 11.9. The monoisotopic (exact) mass is 344 g/mol. The minimum atomic E-state index is -0.217. The van der Waals surface area contributed by atoms with Crippen LogP contribution in [0.25, 0.3) is 0 Å². The quantitative estimate of drug-likeness (QED) is 0.805. The average molecular weight is 345 g/mol. The number of para-hydroxylation sites is 1. The van der Waals surface area contributed by atoms with E-state index in [0.29, 0.717) is 20.9 Å². The van der Waals surface area contributed by atoms with Gasteiger partial charge in [-0.05, 0) is 12.1 Å². The van der Waals surface area contributed by atoms with Crippen molar-refractivity contribution in [2.45, 2.75) is 24.9 Å². The van der Waals surface area contributed by atoms with E-state index in [1.165, 1.54) is 11.8 Å². The topological polar surface area (TPSA) is 70.7 Å². The van der Waals surface area contributed by atoms with Crippen LogP contribution in [0.4, 0.5) is 5.69 Å². The maximum Gasteiger partial charge on any atom is 0.234 e. The Labute approximate surface area is 136 Å². The van der Waals surface area contributed by atoms with Gasteiger partial charge in [0.1, 0.15) is 5.82 Å². The first-order chi connectivity index (χ1) is 9.97. The van der Waals surface area contributed by atoms with Crippen molar-refractivity contribution < 1.29 is 4.79 Å². The summed E-state index contributed by atoms with van der Waals surface area (Å²) >= 11 is 13.2. The highest BCUT2D eigenvalue weighted by Gasteiger charge is 2.12. The molecule has 2 N–H and O–H groups in total. The Balaban J connectivity index is 1.93. The molecule has 8 heteroatoms. The molecule has 1 aromatic carbocycles. The first-order valence-corrected chi connectivity index (χ1v) is 8.00. The normalized spacial score (nSPS) is 10.9. The van der Waals surface area contributed by atoms with Crippen LogP contribution in [0, 0.1) is 0 Å². The van der Waals surface area contributed by atoms with E-state index in [2.05, 4.69) is 20.5 Å². The van der Waals surface area contributed by atoms with E-state index in [1.807, 2.05) is 13.8 Å². The van der Waals surface area contributed by atoms with Crippen molar-refractivity contribution in [3.8, 4) is 0 Å². The highest BCUT2D eigenvalue weighted by Crippen LogP contribution is 2.30. The molecular weight excluding hydrogens is 331 g/mol. The number of amides is 1. The Hall–Kier alpha value is -1.24. The van der Waals surface area contributed by atoms with E-state index in [-0.39, 0.29) is 17.6 Å². The number of H-pyrrole nitrogens is 1. The second kappa shape index (κ2) is 7.15. The molecule has 5 nitrogen and oxygen atoms in total. The number of rotatable bonds is 5. The van der Waals surface area contributed by atoms with Gasteiger partial charge < -0.3 is 5.32 Å². The molecule has 0 atom stereocenters. The molecule has 0 spiro atoms. The van der Waals surface area contributed by atoms with Crippen molar-refractivity contribution in [3.05, 3.63) is 34.1 Å². The Bertz CT molecular complexity index is 625. The van der Waals surface area contributed by atoms with Crippen molar-refractivity contribution in [1.82, 2.24) is 15.2 Å². The zero-order chi connectivity index (χ0) is 15.4. The number of nitrogens with one attached hydrogen (secondary N) is 2. The number of hydrogen-bond donors (Lipinski definition) is 2. The standard InChI is InChI=1S/C13H14Cl2N4OS/c1-7(2)12-17-13(19-18-12)21-6-10(20)16-11-8(14)4-3-5-9(11)15/h3-5,7H,6H2,1-2H3,(H,16,20)(H,17,18,19). The van der Waals surface area contributed by atoms with Gasteiger partial charge in [-0.25, -0.2) is 4.98 Å². The molecule has 0 radical (unpaired) electrons. The van der Waals surface area contributed by atoms with E-state index in [1.54, 1.807) is 18.2 Å². The van der Waals surface area contributed by atoms with E-state index in [9.17, 15) is 4.79 Å². The lowest BCUT2D eigenvalue weighted by Crippen LogP contribution is -2.14. The Kier molecular flexibility index (Phi) is 5.50. The fourth-order valence-electron chi connectivity index (χ4n) is 1.50. The minimum Gasteiger partial charge on any atom is -0.323 e. The van der Waals surface area contributed by atoms with Crippen molar-refractivity contribution in [3.63, 3.8) is 0 Å². The van der Waals surface area contributed by atoms with E-state index in [4.69, 9.17) is 23.2 Å². The molecule has 2 rings (SSSR count). The highest BCUT2D eigenvalue weighted by molar-refractivity contribution is 7.99. The molecule has 0 aliphatic heterocycles. The van der Waals surface area contributed by atoms with Gasteiger partial charge in [-0.1, -0.05) is 54.9 Å². The molecule has 0 aliphatic rings. The number of aromatic nitrogens is 3. The molecule has 1 heterocycles. The third kappa shape index (κ3) is 4.36. The molecule has 0 bridgehead atoms. The number of carbonyl (C=O) groups excluding carboxylic acids is 1. The molecule has 112 valence electrons. The van der Waals surface area contributed by atoms with Crippen molar-refractivity contribution in [2.75, 3.05) is 11.1 Å². The SMILES string of the molecule is CC(C)c1nc(SCC(=O)Nc2c(Cl)cccc2Cl)n[nH]1. The van der Waals surface area contributed by atoms with Gasteiger partial charge in [0.25, 0.3) is 0 Å². The Morgan fingerprint density at radius 3 is 2.62 bits per heavy atom. The fraction of sp³-hybridized carbons (Fsp3) is 0.308. The van der Waals surface area contributed by atoms with Gasteiger partial charge in [-0.15, -0.1) is 5.10 Å². The molecule has 0 saturated heterocycles. The number of nitrogens with zero attached hydrogens (tertiary/aromatic N) is 2. The molecule has 1 amide bonds. The van der Waals surface area contributed by atoms with Gasteiger partial charge in [0, 0.05) is 5.92 Å². The summed E-state index contributed by atoms with van der Waals surface area (Å²) in [6.45, 7) is 4.03. The average Bonchev–Trinajstić information content (AvgIpc) is 2.90. The van der Waals surface area contributed by atoms with Crippen LogP contribution in [0.1, 0.15) is 25.6 Å². The number of halogens is 2. The Morgan fingerprint density at radius 2 is 2.05 bits per heavy atom. The zero-order valence-electron chi connectivity index (χ0n) is 11.5. The van der Waals surface area contributed by atoms with Gasteiger partial charge in [0.15, 0.2) is 0 Å². The Morgan fingerprint density at radius 1 is 1.38 bits per heavy atom. The summed E-state index contributed by atoms with van der Waals surface area (Å²) in [4.78, 5) is 16.2. The van der Waals surface area contributed by atoms with E-state index in [0.717, 1.165) is 5.82 Å². The molecule has 2 aromatic rings. The predicted molar refractivity (Wildman–Crippen MR) is 86.3 cm³/mol. The number of hydrogen-bond acceptors (Lipinski definition) is 4. The van der Waals surface area contributed by atoms with E-state index >= 15 is 0 Å². The number of aromatic amines is 1. The molecule has 21 heavy (non-hydrogen) atoms. The van der Waals surface area contributed by atoms with Crippen LogP contribution < -0.4 is 5.32 Å². The zero-order valence-corrected chi connectivity index (χ0v) is 13.8. The summed E-state index contributed by atoms with van der Waals surface area (Å²) in [6.07, 6.45) is 0.